The third-order valence-corrected chi connectivity index (χ3v) is 4.16. The molecule has 1 N–H and O–H groups in total. The summed E-state index contributed by atoms with van der Waals surface area (Å²) in [5.74, 6) is -0.0973. The van der Waals surface area contributed by atoms with Gasteiger partial charge in [-0.1, -0.05) is 24.3 Å². The number of aryl methyl sites for hydroxylation is 1. The molecule has 0 spiro atoms. The summed E-state index contributed by atoms with van der Waals surface area (Å²) in [4.78, 5) is 18.6. The molecular formula is C19H23N3O2. The van der Waals surface area contributed by atoms with Gasteiger partial charge < -0.3 is 10.1 Å². The molecule has 24 heavy (non-hydrogen) atoms. The first kappa shape index (κ1) is 16.6. The van der Waals surface area contributed by atoms with E-state index < -0.39 is 0 Å². The molecule has 0 aliphatic carbocycles. The third kappa shape index (κ3) is 4.63. The van der Waals surface area contributed by atoms with Crippen molar-refractivity contribution in [1.82, 2.24) is 15.2 Å². The number of carbonyl (C=O) groups excluding carboxylic acids is 1. The first-order chi connectivity index (χ1) is 11.7. The van der Waals surface area contributed by atoms with Crippen LogP contribution in [0, 0.1) is 6.92 Å². The predicted molar refractivity (Wildman–Crippen MR) is 92.7 cm³/mol. The molecule has 0 atom stereocenters. The van der Waals surface area contributed by atoms with Gasteiger partial charge in [0.15, 0.2) is 0 Å². The molecule has 1 amide bonds. The summed E-state index contributed by atoms with van der Waals surface area (Å²) in [7, 11) is 0. The molecule has 5 heteroatoms. The number of hydrogen-bond acceptors (Lipinski definition) is 4. The van der Waals surface area contributed by atoms with Gasteiger partial charge >= 0.3 is 0 Å². The molecule has 0 unspecified atom stereocenters. The van der Waals surface area contributed by atoms with Crippen LogP contribution in [-0.4, -0.2) is 42.1 Å². The van der Waals surface area contributed by atoms with Crippen LogP contribution in [0.4, 0.5) is 0 Å². The highest BCUT2D eigenvalue weighted by Crippen LogP contribution is 2.09. The number of rotatable bonds is 5. The van der Waals surface area contributed by atoms with Crippen molar-refractivity contribution in [2.75, 3.05) is 26.3 Å². The summed E-state index contributed by atoms with van der Waals surface area (Å²) < 4.78 is 5.37. The molecule has 3 rings (SSSR count). The van der Waals surface area contributed by atoms with Crippen LogP contribution in [0.2, 0.25) is 0 Å². The van der Waals surface area contributed by atoms with Crippen LogP contribution in [-0.2, 0) is 17.8 Å². The van der Waals surface area contributed by atoms with Gasteiger partial charge in [0.05, 0.1) is 18.8 Å². The Morgan fingerprint density at radius 1 is 1.12 bits per heavy atom. The quantitative estimate of drug-likeness (QED) is 0.915. The van der Waals surface area contributed by atoms with Crippen molar-refractivity contribution in [1.29, 1.82) is 0 Å². The van der Waals surface area contributed by atoms with E-state index in [0.717, 1.165) is 44.1 Å². The molecule has 1 aliphatic heterocycles. The number of pyridine rings is 1. The van der Waals surface area contributed by atoms with Gasteiger partial charge in [-0.25, -0.2) is 0 Å². The number of nitrogens with one attached hydrogen (secondary N) is 1. The second-order valence-electron chi connectivity index (χ2n) is 6.08. The Morgan fingerprint density at radius 2 is 1.83 bits per heavy atom. The Labute approximate surface area is 142 Å². The summed E-state index contributed by atoms with van der Waals surface area (Å²) in [6.07, 6.45) is 1.61. The number of benzene rings is 1. The molecule has 1 saturated heterocycles. The molecule has 126 valence electrons. The van der Waals surface area contributed by atoms with E-state index in [9.17, 15) is 4.79 Å². The standard InChI is InChI=1S/C19H23N3O2/c1-15-2-7-18(13-20-15)19(23)21-12-16-3-5-17(6-4-16)14-22-8-10-24-11-9-22/h2-7,13H,8-12,14H2,1H3,(H,21,23). The van der Waals surface area contributed by atoms with Crippen LogP contribution >= 0.6 is 0 Å². The lowest BCUT2D eigenvalue weighted by Crippen LogP contribution is -2.35. The van der Waals surface area contributed by atoms with Gasteiger partial charge in [-0.15, -0.1) is 0 Å². The first-order valence-electron chi connectivity index (χ1n) is 8.29. The molecule has 1 aromatic carbocycles. The van der Waals surface area contributed by atoms with Crippen LogP contribution in [0.25, 0.3) is 0 Å². The molecule has 5 nitrogen and oxygen atoms in total. The van der Waals surface area contributed by atoms with Crippen molar-refractivity contribution in [2.24, 2.45) is 0 Å². The van der Waals surface area contributed by atoms with Crippen LogP contribution in [0.5, 0.6) is 0 Å². The van der Waals surface area contributed by atoms with Gasteiger partial charge in [0.2, 0.25) is 0 Å². The van der Waals surface area contributed by atoms with E-state index in [1.807, 2.05) is 13.0 Å². The number of aromatic nitrogens is 1. The monoisotopic (exact) mass is 325 g/mol. The third-order valence-electron chi connectivity index (χ3n) is 4.16. The van der Waals surface area contributed by atoms with E-state index in [1.54, 1.807) is 12.3 Å². The molecule has 1 aliphatic rings. The van der Waals surface area contributed by atoms with E-state index in [1.165, 1.54) is 5.56 Å². The largest absolute Gasteiger partial charge is 0.379 e. The van der Waals surface area contributed by atoms with Crippen LogP contribution < -0.4 is 5.32 Å². The number of amides is 1. The Bertz CT molecular complexity index is 662. The van der Waals surface area contributed by atoms with E-state index >= 15 is 0 Å². The predicted octanol–water partition coefficient (Wildman–Crippen LogP) is 2.15. The highest BCUT2D eigenvalue weighted by Gasteiger charge is 2.10. The minimum absolute atomic E-state index is 0.0973. The highest BCUT2D eigenvalue weighted by atomic mass is 16.5. The summed E-state index contributed by atoms with van der Waals surface area (Å²) in [5, 5.41) is 2.93. The van der Waals surface area contributed by atoms with E-state index in [-0.39, 0.29) is 5.91 Å². The summed E-state index contributed by atoms with van der Waals surface area (Å²) in [6, 6.07) is 12.0. The fourth-order valence-corrected chi connectivity index (χ4v) is 2.67. The molecule has 0 radical (unpaired) electrons. The lowest BCUT2D eigenvalue weighted by Gasteiger charge is -2.26. The van der Waals surface area contributed by atoms with Crippen LogP contribution in [0.3, 0.4) is 0 Å². The SMILES string of the molecule is Cc1ccc(C(=O)NCc2ccc(CN3CCOCC3)cc2)cn1. The maximum absolute atomic E-state index is 12.1. The number of morpholine rings is 1. The zero-order valence-corrected chi connectivity index (χ0v) is 14.0. The van der Waals surface area contributed by atoms with Gasteiger partial charge in [0.1, 0.15) is 0 Å². The zero-order chi connectivity index (χ0) is 16.8. The fourth-order valence-electron chi connectivity index (χ4n) is 2.67. The summed E-state index contributed by atoms with van der Waals surface area (Å²) in [6.45, 7) is 6.98. The van der Waals surface area contributed by atoms with Crippen molar-refractivity contribution < 1.29 is 9.53 Å². The summed E-state index contributed by atoms with van der Waals surface area (Å²) >= 11 is 0. The van der Waals surface area contributed by atoms with Gasteiger partial charge in [-0.2, -0.15) is 0 Å². The average Bonchev–Trinajstić information content (AvgIpc) is 2.62. The minimum Gasteiger partial charge on any atom is -0.379 e. The fraction of sp³-hybridized carbons (Fsp3) is 0.368. The number of hydrogen-bond donors (Lipinski definition) is 1. The van der Waals surface area contributed by atoms with Crippen molar-refractivity contribution in [3.63, 3.8) is 0 Å². The second kappa shape index (κ2) is 8.04. The lowest BCUT2D eigenvalue weighted by atomic mass is 10.1. The molecule has 0 saturated carbocycles. The van der Waals surface area contributed by atoms with Crippen LogP contribution in [0.15, 0.2) is 42.6 Å². The lowest BCUT2D eigenvalue weighted by molar-refractivity contribution is 0.0342. The van der Waals surface area contributed by atoms with E-state index in [0.29, 0.717) is 12.1 Å². The smallest absolute Gasteiger partial charge is 0.253 e. The van der Waals surface area contributed by atoms with Gasteiger partial charge in [0.25, 0.3) is 5.91 Å². The Balaban J connectivity index is 1.50. The summed E-state index contributed by atoms with van der Waals surface area (Å²) in [5.41, 5.74) is 3.87. The Kier molecular flexibility index (Phi) is 5.56. The topological polar surface area (TPSA) is 54.5 Å². The van der Waals surface area contributed by atoms with Gasteiger partial charge in [-0.05, 0) is 30.2 Å². The van der Waals surface area contributed by atoms with E-state index in [2.05, 4.69) is 39.5 Å². The number of nitrogens with zero attached hydrogens (tertiary/aromatic N) is 2. The van der Waals surface area contributed by atoms with E-state index in [4.69, 9.17) is 4.74 Å². The Morgan fingerprint density at radius 3 is 2.50 bits per heavy atom. The number of carbonyl (C=O) groups is 1. The molecular weight excluding hydrogens is 302 g/mol. The first-order valence-corrected chi connectivity index (χ1v) is 8.29. The second-order valence-corrected chi connectivity index (χ2v) is 6.08. The molecule has 0 bridgehead atoms. The van der Waals surface area contributed by atoms with Crippen molar-refractivity contribution >= 4 is 5.91 Å². The average molecular weight is 325 g/mol. The Hall–Kier alpha value is -2.24. The molecule has 2 heterocycles. The highest BCUT2D eigenvalue weighted by molar-refractivity contribution is 5.93. The zero-order valence-electron chi connectivity index (χ0n) is 14.0. The normalized spacial score (nSPS) is 15.2. The van der Waals surface area contributed by atoms with Crippen molar-refractivity contribution in [3.05, 3.63) is 65.0 Å². The number of ether oxygens (including phenoxy) is 1. The van der Waals surface area contributed by atoms with Crippen molar-refractivity contribution in [2.45, 2.75) is 20.0 Å². The molecule has 1 fully saturated rings. The molecule has 1 aromatic heterocycles. The maximum atomic E-state index is 12.1. The van der Waals surface area contributed by atoms with Gasteiger partial charge in [0, 0.05) is 38.1 Å². The van der Waals surface area contributed by atoms with Gasteiger partial charge in [-0.3, -0.25) is 14.7 Å². The maximum Gasteiger partial charge on any atom is 0.253 e. The molecule has 2 aromatic rings. The minimum atomic E-state index is -0.0973. The van der Waals surface area contributed by atoms with Crippen LogP contribution in [0.1, 0.15) is 27.2 Å². The van der Waals surface area contributed by atoms with Crippen molar-refractivity contribution in [3.8, 4) is 0 Å².